The first-order valence-electron chi connectivity index (χ1n) is 5.33. The van der Waals surface area contributed by atoms with E-state index in [9.17, 15) is 4.79 Å². The molecule has 0 N–H and O–H groups in total. The number of carbonyl (C=O) groups is 1. The number of furan rings is 1. The zero-order chi connectivity index (χ0) is 12.4. The van der Waals surface area contributed by atoms with E-state index in [-0.39, 0.29) is 12.5 Å². The van der Waals surface area contributed by atoms with Gasteiger partial charge in [-0.05, 0) is 24.3 Å². The number of carbonyl (C=O) groups excluding carboxylic acids is 1. The molecule has 0 atom stereocenters. The van der Waals surface area contributed by atoms with Crippen molar-refractivity contribution in [2.45, 2.75) is 6.73 Å². The van der Waals surface area contributed by atoms with Crippen LogP contribution < -0.4 is 0 Å². The number of fused-ring (bicyclic) bond motifs is 1. The lowest BCUT2D eigenvalue weighted by molar-refractivity contribution is 0.0319. The number of hydrogen-bond donors (Lipinski definition) is 0. The van der Waals surface area contributed by atoms with E-state index in [1.165, 1.54) is 10.9 Å². The molecule has 0 saturated carbocycles. The molecule has 0 bridgehead atoms. The highest BCUT2D eigenvalue weighted by Crippen LogP contribution is 2.10. The Bertz CT molecular complexity index is 673. The lowest BCUT2D eigenvalue weighted by Gasteiger charge is -2.02. The topological polar surface area (TPSA) is 70.2 Å². The standard InChI is InChI=1S/C12H9N3O3/c16-12(11-6-3-7-17-11)18-8-15-10-5-2-1-4-9(10)13-14-15/h1-7H,8H2. The predicted octanol–water partition coefficient (Wildman–Crippen LogP) is 1.84. The average molecular weight is 243 g/mol. The monoisotopic (exact) mass is 243 g/mol. The highest BCUT2D eigenvalue weighted by molar-refractivity contribution is 5.86. The molecular formula is C12H9N3O3. The van der Waals surface area contributed by atoms with Crippen molar-refractivity contribution >= 4 is 17.0 Å². The SMILES string of the molecule is O=C(OCn1nnc2ccccc21)c1ccco1. The minimum Gasteiger partial charge on any atom is -0.457 e. The second-order valence-electron chi connectivity index (χ2n) is 3.62. The van der Waals surface area contributed by atoms with E-state index in [0.29, 0.717) is 0 Å². The van der Waals surface area contributed by atoms with Crippen LogP contribution in [0.15, 0.2) is 47.1 Å². The van der Waals surface area contributed by atoms with Crippen LogP contribution >= 0.6 is 0 Å². The predicted molar refractivity (Wildman–Crippen MR) is 61.7 cm³/mol. The molecule has 0 aliphatic rings. The van der Waals surface area contributed by atoms with Crippen LogP contribution in [0.5, 0.6) is 0 Å². The molecular weight excluding hydrogens is 234 g/mol. The number of para-hydroxylation sites is 1. The molecule has 6 heteroatoms. The number of rotatable bonds is 3. The normalized spacial score (nSPS) is 10.7. The molecule has 90 valence electrons. The maximum Gasteiger partial charge on any atom is 0.375 e. The van der Waals surface area contributed by atoms with Gasteiger partial charge < -0.3 is 9.15 Å². The largest absolute Gasteiger partial charge is 0.457 e. The summed E-state index contributed by atoms with van der Waals surface area (Å²) < 4.78 is 11.5. The van der Waals surface area contributed by atoms with Crippen molar-refractivity contribution in [2.75, 3.05) is 0 Å². The first-order chi connectivity index (χ1) is 8.84. The van der Waals surface area contributed by atoms with Gasteiger partial charge in [0.2, 0.25) is 5.76 Å². The van der Waals surface area contributed by atoms with Gasteiger partial charge in [0.05, 0.1) is 11.8 Å². The number of benzene rings is 1. The van der Waals surface area contributed by atoms with Crippen molar-refractivity contribution in [3.8, 4) is 0 Å². The number of aromatic nitrogens is 3. The van der Waals surface area contributed by atoms with Gasteiger partial charge in [-0.3, -0.25) is 0 Å². The van der Waals surface area contributed by atoms with Gasteiger partial charge in [0.15, 0.2) is 6.73 Å². The fourth-order valence-corrected chi connectivity index (χ4v) is 1.60. The third-order valence-corrected chi connectivity index (χ3v) is 2.46. The quantitative estimate of drug-likeness (QED) is 0.656. The molecule has 3 aromatic rings. The van der Waals surface area contributed by atoms with E-state index in [1.54, 1.807) is 12.1 Å². The molecule has 0 amide bonds. The van der Waals surface area contributed by atoms with E-state index in [1.807, 2.05) is 24.3 Å². The number of nitrogens with zero attached hydrogens (tertiary/aromatic N) is 3. The Morgan fingerprint density at radius 2 is 2.17 bits per heavy atom. The Kier molecular flexibility index (Phi) is 2.53. The Balaban J connectivity index is 1.76. The number of ether oxygens (including phenoxy) is 1. The lowest BCUT2D eigenvalue weighted by atomic mass is 10.3. The Morgan fingerprint density at radius 1 is 1.28 bits per heavy atom. The van der Waals surface area contributed by atoms with Gasteiger partial charge in [-0.15, -0.1) is 5.10 Å². The van der Waals surface area contributed by atoms with E-state index < -0.39 is 5.97 Å². The summed E-state index contributed by atoms with van der Waals surface area (Å²) in [6, 6.07) is 10.6. The average Bonchev–Trinajstić information content (AvgIpc) is 3.06. The Morgan fingerprint density at radius 3 is 3.00 bits per heavy atom. The Labute approximate surface area is 102 Å². The Hall–Kier alpha value is -2.63. The van der Waals surface area contributed by atoms with E-state index in [2.05, 4.69) is 10.3 Å². The van der Waals surface area contributed by atoms with Crippen molar-refractivity contribution in [2.24, 2.45) is 0 Å². The van der Waals surface area contributed by atoms with Crippen LogP contribution in [-0.4, -0.2) is 21.0 Å². The second-order valence-corrected chi connectivity index (χ2v) is 3.62. The summed E-state index contributed by atoms with van der Waals surface area (Å²) in [6.07, 6.45) is 1.42. The fraction of sp³-hybridized carbons (Fsp3) is 0.0833. The van der Waals surface area contributed by atoms with Crippen molar-refractivity contribution in [1.82, 2.24) is 15.0 Å². The molecule has 0 spiro atoms. The van der Waals surface area contributed by atoms with Crippen LogP contribution in [0.1, 0.15) is 10.6 Å². The van der Waals surface area contributed by atoms with Crippen molar-refractivity contribution in [3.05, 3.63) is 48.4 Å². The van der Waals surface area contributed by atoms with Crippen molar-refractivity contribution in [1.29, 1.82) is 0 Å². The number of esters is 1. The van der Waals surface area contributed by atoms with Gasteiger partial charge in [0.25, 0.3) is 0 Å². The van der Waals surface area contributed by atoms with Gasteiger partial charge in [-0.1, -0.05) is 17.3 Å². The number of hydrogen-bond acceptors (Lipinski definition) is 5. The molecule has 0 aliphatic heterocycles. The highest BCUT2D eigenvalue weighted by Gasteiger charge is 2.11. The smallest absolute Gasteiger partial charge is 0.375 e. The molecule has 1 aromatic carbocycles. The summed E-state index contributed by atoms with van der Waals surface area (Å²) in [5, 5.41) is 7.86. The van der Waals surface area contributed by atoms with Gasteiger partial charge in [0.1, 0.15) is 5.52 Å². The lowest BCUT2D eigenvalue weighted by Crippen LogP contribution is -2.10. The highest BCUT2D eigenvalue weighted by atomic mass is 16.6. The third-order valence-electron chi connectivity index (χ3n) is 2.46. The summed E-state index contributed by atoms with van der Waals surface area (Å²) >= 11 is 0. The van der Waals surface area contributed by atoms with Crippen LogP contribution in [-0.2, 0) is 11.5 Å². The fourth-order valence-electron chi connectivity index (χ4n) is 1.60. The molecule has 0 fully saturated rings. The summed E-state index contributed by atoms with van der Waals surface area (Å²) in [5.74, 6) is -0.362. The molecule has 2 heterocycles. The van der Waals surface area contributed by atoms with Crippen LogP contribution in [0.2, 0.25) is 0 Å². The molecule has 0 saturated heterocycles. The van der Waals surface area contributed by atoms with E-state index >= 15 is 0 Å². The molecule has 3 rings (SSSR count). The van der Waals surface area contributed by atoms with Crippen molar-refractivity contribution in [3.63, 3.8) is 0 Å². The minimum absolute atomic E-state index is 0.0000463. The molecule has 18 heavy (non-hydrogen) atoms. The summed E-state index contributed by atoms with van der Waals surface area (Å²) in [4.78, 5) is 11.6. The van der Waals surface area contributed by atoms with Crippen LogP contribution in [0.25, 0.3) is 11.0 Å². The van der Waals surface area contributed by atoms with Gasteiger partial charge in [-0.25, -0.2) is 9.48 Å². The molecule has 0 aliphatic carbocycles. The summed E-state index contributed by atoms with van der Waals surface area (Å²) in [5.41, 5.74) is 1.57. The van der Waals surface area contributed by atoms with Gasteiger partial charge in [-0.2, -0.15) is 0 Å². The third kappa shape index (κ3) is 1.84. The van der Waals surface area contributed by atoms with E-state index in [4.69, 9.17) is 9.15 Å². The first kappa shape index (κ1) is 10.5. The summed E-state index contributed by atoms with van der Waals surface area (Å²) in [6.45, 7) is 0.0000463. The summed E-state index contributed by atoms with van der Waals surface area (Å²) in [7, 11) is 0. The molecule has 2 aromatic heterocycles. The maximum atomic E-state index is 11.6. The van der Waals surface area contributed by atoms with Gasteiger partial charge in [0, 0.05) is 0 Å². The van der Waals surface area contributed by atoms with Crippen LogP contribution in [0.3, 0.4) is 0 Å². The minimum atomic E-state index is -0.528. The maximum absolute atomic E-state index is 11.6. The first-order valence-corrected chi connectivity index (χ1v) is 5.33. The second kappa shape index (κ2) is 4.33. The molecule has 0 radical (unpaired) electrons. The van der Waals surface area contributed by atoms with E-state index in [0.717, 1.165) is 11.0 Å². The van der Waals surface area contributed by atoms with Crippen molar-refractivity contribution < 1.29 is 13.9 Å². The van der Waals surface area contributed by atoms with Gasteiger partial charge >= 0.3 is 5.97 Å². The molecule has 6 nitrogen and oxygen atoms in total. The zero-order valence-electron chi connectivity index (χ0n) is 9.31. The molecule has 0 unspecified atom stereocenters. The zero-order valence-corrected chi connectivity index (χ0v) is 9.31. The van der Waals surface area contributed by atoms with Crippen LogP contribution in [0.4, 0.5) is 0 Å². The van der Waals surface area contributed by atoms with Crippen LogP contribution in [0, 0.1) is 0 Å².